The number of hydrogen-bond donors (Lipinski definition) is 3. The van der Waals surface area contributed by atoms with Gasteiger partial charge in [-0.05, 0) is 69.2 Å². The molecule has 3 heterocycles. The summed E-state index contributed by atoms with van der Waals surface area (Å²) in [6.45, 7) is 18.3. The van der Waals surface area contributed by atoms with E-state index in [4.69, 9.17) is 4.98 Å². The predicted molar refractivity (Wildman–Crippen MR) is 160 cm³/mol. The summed E-state index contributed by atoms with van der Waals surface area (Å²) in [5.74, 6) is 0.561. The molecular weight excluding hydrogens is 470 g/mol. The molecule has 2 unspecified atom stereocenters. The van der Waals surface area contributed by atoms with Gasteiger partial charge in [0, 0.05) is 78.3 Å². The topological polar surface area (TPSA) is 70.0 Å². The van der Waals surface area contributed by atoms with Gasteiger partial charge >= 0.3 is 0 Å². The van der Waals surface area contributed by atoms with Crippen LogP contribution in [0.4, 0.5) is 23.0 Å². The molecule has 0 spiro atoms. The molecule has 38 heavy (non-hydrogen) atoms. The number of fused-ring (bicyclic) bond motifs is 1. The number of rotatable bonds is 7. The third-order valence-electron chi connectivity index (χ3n) is 7.16. The maximum Gasteiger partial charge on any atom is 0.227 e. The van der Waals surface area contributed by atoms with Gasteiger partial charge in [-0.1, -0.05) is 25.3 Å². The van der Waals surface area contributed by atoms with E-state index in [1.54, 1.807) is 6.08 Å². The Hall–Kier alpha value is -4.10. The molecule has 2 atom stereocenters. The molecule has 1 aliphatic rings. The average molecular weight is 508 g/mol. The fraction of sp³-hybridized carbons (Fsp3) is 0.290. The summed E-state index contributed by atoms with van der Waals surface area (Å²) in [4.78, 5) is 12.0. The Kier molecular flexibility index (Phi) is 6.95. The highest BCUT2D eigenvalue weighted by Crippen LogP contribution is 2.34. The summed E-state index contributed by atoms with van der Waals surface area (Å²) in [5.41, 5.74) is 9.22. The smallest absolute Gasteiger partial charge is 0.227 e. The fourth-order valence-electron chi connectivity index (χ4n) is 5.26. The molecule has 5 rings (SSSR count). The highest BCUT2D eigenvalue weighted by Gasteiger charge is 2.22. The monoisotopic (exact) mass is 507 g/mol. The van der Waals surface area contributed by atoms with Crippen LogP contribution in [0.5, 0.6) is 0 Å². The molecule has 1 saturated heterocycles. The Morgan fingerprint density at radius 2 is 1.84 bits per heavy atom. The molecule has 1 fully saturated rings. The van der Waals surface area contributed by atoms with E-state index in [0.29, 0.717) is 18.0 Å². The van der Waals surface area contributed by atoms with Gasteiger partial charge in [0.2, 0.25) is 5.95 Å². The van der Waals surface area contributed by atoms with E-state index in [9.17, 15) is 0 Å². The first-order valence-corrected chi connectivity index (χ1v) is 13.1. The van der Waals surface area contributed by atoms with Gasteiger partial charge in [0.25, 0.3) is 0 Å². The second-order valence-electron chi connectivity index (χ2n) is 10.5. The van der Waals surface area contributed by atoms with Gasteiger partial charge in [0.15, 0.2) is 0 Å². The number of nitrogens with one attached hydrogen (secondary N) is 3. The van der Waals surface area contributed by atoms with Crippen molar-refractivity contribution >= 4 is 33.9 Å². The lowest BCUT2D eigenvalue weighted by Gasteiger charge is -2.37. The Labute approximate surface area is 225 Å². The number of benzene rings is 2. The SMILES string of the molecule is C=CC(=C)Nc1ccc(C)c(Nc2ncc(C)c(-c3cn(C)c4cc(N5CC(C)NC(C)C5)ccc34)n2)c1. The first-order chi connectivity index (χ1) is 18.2. The molecule has 2 aromatic heterocycles. The van der Waals surface area contributed by atoms with Crippen LogP contribution in [0.15, 0.2) is 73.7 Å². The first-order valence-electron chi connectivity index (χ1n) is 13.1. The predicted octanol–water partition coefficient (Wildman–Crippen LogP) is 6.29. The Morgan fingerprint density at radius 3 is 2.58 bits per heavy atom. The van der Waals surface area contributed by atoms with Crippen molar-refractivity contribution in [1.82, 2.24) is 19.9 Å². The van der Waals surface area contributed by atoms with Crippen LogP contribution in [-0.2, 0) is 7.05 Å². The van der Waals surface area contributed by atoms with Gasteiger partial charge in [0.1, 0.15) is 0 Å². The zero-order chi connectivity index (χ0) is 27.0. The molecular formula is C31H37N7. The molecule has 7 nitrogen and oxygen atoms in total. The van der Waals surface area contributed by atoms with Gasteiger partial charge in [-0.3, -0.25) is 0 Å². The number of hydrogen-bond acceptors (Lipinski definition) is 6. The van der Waals surface area contributed by atoms with Crippen LogP contribution >= 0.6 is 0 Å². The van der Waals surface area contributed by atoms with Crippen LogP contribution in [0.3, 0.4) is 0 Å². The summed E-state index contributed by atoms with van der Waals surface area (Å²) >= 11 is 0. The van der Waals surface area contributed by atoms with Crippen LogP contribution in [0.25, 0.3) is 22.2 Å². The normalized spacial score (nSPS) is 17.4. The molecule has 2 aromatic carbocycles. The Morgan fingerprint density at radius 1 is 1.08 bits per heavy atom. The number of piperazine rings is 1. The third-order valence-corrected chi connectivity index (χ3v) is 7.16. The lowest BCUT2D eigenvalue weighted by molar-refractivity contribution is 0.407. The van der Waals surface area contributed by atoms with Gasteiger partial charge in [-0.25, -0.2) is 9.97 Å². The number of anilines is 4. The summed E-state index contributed by atoms with van der Waals surface area (Å²) in [6, 6.07) is 13.8. The minimum Gasteiger partial charge on any atom is -0.368 e. The van der Waals surface area contributed by atoms with E-state index in [2.05, 4.69) is 109 Å². The van der Waals surface area contributed by atoms with Crippen LogP contribution in [-0.4, -0.2) is 39.7 Å². The van der Waals surface area contributed by atoms with Crippen molar-refractivity contribution in [1.29, 1.82) is 0 Å². The molecule has 4 aromatic rings. The average Bonchev–Trinajstić information content (AvgIpc) is 3.22. The van der Waals surface area contributed by atoms with E-state index < -0.39 is 0 Å². The second-order valence-corrected chi connectivity index (χ2v) is 10.5. The number of nitrogens with zero attached hydrogens (tertiary/aromatic N) is 4. The van der Waals surface area contributed by atoms with E-state index in [1.807, 2.05) is 18.3 Å². The Bertz CT molecular complexity index is 1510. The molecule has 3 N–H and O–H groups in total. The van der Waals surface area contributed by atoms with Crippen LogP contribution < -0.4 is 20.9 Å². The standard InChI is InChI=1S/C31H37N7/c1-8-21(4)34-24-10-9-19(2)28(13-24)35-31-32-15-20(3)30(36-31)27-18-37(7)29-14-25(11-12-26(27)29)38-16-22(5)33-23(6)17-38/h8-15,18,22-23,33-34H,1,4,16-17H2,2-3,5-7H3,(H,32,35,36). The number of aryl methyl sites for hydroxylation is 3. The zero-order valence-corrected chi connectivity index (χ0v) is 23.0. The Balaban J connectivity index is 1.47. The van der Waals surface area contributed by atoms with E-state index in [-0.39, 0.29) is 0 Å². The summed E-state index contributed by atoms with van der Waals surface area (Å²) < 4.78 is 2.20. The first kappa shape index (κ1) is 25.5. The van der Waals surface area contributed by atoms with Gasteiger partial charge in [-0.2, -0.15) is 0 Å². The molecule has 0 amide bonds. The van der Waals surface area contributed by atoms with E-state index in [0.717, 1.165) is 52.5 Å². The lowest BCUT2D eigenvalue weighted by atomic mass is 10.1. The number of aromatic nitrogens is 3. The molecule has 0 saturated carbocycles. The van der Waals surface area contributed by atoms with Crippen molar-refractivity contribution in [3.63, 3.8) is 0 Å². The van der Waals surface area contributed by atoms with Crippen molar-refractivity contribution in [3.05, 3.63) is 84.8 Å². The van der Waals surface area contributed by atoms with Crippen molar-refractivity contribution in [2.24, 2.45) is 7.05 Å². The molecule has 0 bridgehead atoms. The highest BCUT2D eigenvalue weighted by atomic mass is 15.2. The van der Waals surface area contributed by atoms with Crippen molar-refractivity contribution < 1.29 is 0 Å². The van der Waals surface area contributed by atoms with E-state index in [1.165, 1.54) is 16.6 Å². The van der Waals surface area contributed by atoms with Crippen LogP contribution in [0, 0.1) is 13.8 Å². The van der Waals surface area contributed by atoms with Crippen LogP contribution in [0.2, 0.25) is 0 Å². The van der Waals surface area contributed by atoms with Crippen molar-refractivity contribution in [2.45, 2.75) is 39.8 Å². The van der Waals surface area contributed by atoms with Crippen molar-refractivity contribution in [2.75, 3.05) is 28.6 Å². The molecule has 7 heteroatoms. The lowest BCUT2D eigenvalue weighted by Crippen LogP contribution is -2.54. The van der Waals surface area contributed by atoms with Crippen LogP contribution in [0.1, 0.15) is 25.0 Å². The summed E-state index contributed by atoms with van der Waals surface area (Å²) in [6.07, 6.45) is 5.76. The highest BCUT2D eigenvalue weighted by molar-refractivity contribution is 5.97. The largest absolute Gasteiger partial charge is 0.368 e. The van der Waals surface area contributed by atoms with Gasteiger partial charge in [-0.15, -0.1) is 0 Å². The zero-order valence-electron chi connectivity index (χ0n) is 23.0. The maximum absolute atomic E-state index is 4.97. The summed E-state index contributed by atoms with van der Waals surface area (Å²) in [5, 5.41) is 11.5. The minimum absolute atomic E-state index is 0.467. The van der Waals surface area contributed by atoms with E-state index >= 15 is 0 Å². The molecule has 1 aliphatic heterocycles. The maximum atomic E-state index is 4.97. The minimum atomic E-state index is 0.467. The molecule has 0 radical (unpaired) electrons. The third kappa shape index (κ3) is 5.15. The molecule has 0 aliphatic carbocycles. The quantitative estimate of drug-likeness (QED) is 0.255. The van der Waals surface area contributed by atoms with Gasteiger partial charge < -0.3 is 25.4 Å². The summed E-state index contributed by atoms with van der Waals surface area (Å²) in [7, 11) is 2.10. The second kappa shape index (κ2) is 10.3. The van der Waals surface area contributed by atoms with Gasteiger partial charge in [0.05, 0.1) is 11.2 Å². The molecule has 196 valence electrons. The van der Waals surface area contributed by atoms with Crippen molar-refractivity contribution in [3.8, 4) is 11.3 Å². The fourth-order valence-corrected chi connectivity index (χ4v) is 5.26. The number of allylic oxidation sites excluding steroid dienone is 1.